The largest absolute Gasteiger partial charge is 0.423 e. The fourth-order valence-electron chi connectivity index (χ4n) is 5.81. The Morgan fingerprint density at radius 3 is 1.43 bits per heavy atom. The molecule has 2 aliphatic heterocycles. The maximum atomic E-state index is 13.2. The molecule has 2 heterocycles. The Bertz CT molecular complexity index is 1970. The molecule has 0 spiro atoms. The van der Waals surface area contributed by atoms with Gasteiger partial charge in [0, 0.05) is 5.56 Å². The van der Waals surface area contributed by atoms with E-state index in [0.29, 0.717) is 22.6 Å². The van der Waals surface area contributed by atoms with Gasteiger partial charge in [0.05, 0.1) is 27.8 Å². The van der Waals surface area contributed by atoms with Gasteiger partial charge < -0.3 is 18.9 Å². The number of hydrogen-bond donors (Lipinski definition) is 0. The highest BCUT2D eigenvalue weighted by Crippen LogP contribution is 2.40. The third-order valence-corrected chi connectivity index (χ3v) is 8.60. The smallest absolute Gasteiger partial charge is 0.346 e. The number of aryl methyl sites for hydroxylation is 2. The van der Waals surface area contributed by atoms with Crippen molar-refractivity contribution in [3.05, 3.63) is 122 Å². The van der Waals surface area contributed by atoms with Crippen LogP contribution in [-0.4, -0.2) is 29.8 Å². The summed E-state index contributed by atoms with van der Waals surface area (Å²) in [7, 11) is 0. The molecular formula is C37H28O9. The van der Waals surface area contributed by atoms with E-state index in [9.17, 15) is 24.0 Å². The summed E-state index contributed by atoms with van der Waals surface area (Å²) in [6.45, 7) is 15.0. The minimum atomic E-state index is -0.801. The Morgan fingerprint density at radius 2 is 0.935 bits per heavy atom. The van der Waals surface area contributed by atoms with Gasteiger partial charge in [-0.2, -0.15) is 0 Å². The Labute approximate surface area is 264 Å². The number of fused-ring (bicyclic) bond motifs is 2. The second-order valence-corrected chi connectivity index (χ2v) is 11.4. The van der Waals surface area contributed by atoms with Crippen LogP contribution in [0, 0.1) is 41.5 Å². The average molecular weight is 617 g/mol. The summed E-state index contributed by atoms with van der Waals surface area (Å²) in [5.41, 5.74) is 7.88. The van der Waals surface area contributed by atoms with Crippen LogP contribution in [0.1, 0.15) is 90.7 Å². The Morgan fingerprint density at radius 1 is 0.522 bits per heavy atom. The molecule has 9 heteroatoms. The lowest BCUT2D eigenvalue weighted by atomic mass is 9.88. The van der Waals surface area contributed by atoms with Crippen molar-refractivity contribution in [1.29, 1.82) is 0 Å². The monoisotopic (exact) mass is 616 g/mol. The Balaban J connectivity index is 1.28. The Hall–Kier alpha value is -5.83. The van der Waals surface area contributed by atoms with Crippen molar-refractivity contribution in [3.63, 3.8) is 0 Å². The number of rotatable bonds is 5. The summed E-state index contributed by atoms with van der Waals surface area (Å²) < 4.78 is 21.3. The van der Waals surface area contributed by atoms with E-state index in [4.69, 9.17) is 14.2 Å². The van der Waals surface area contributed by atoms with Gasteiger partial charge in [-0.1, -0.05) is 6.58 Å². The molecule has 46 heavy (non-hydrogen) atoms. The molecule has 0 aromatic heterocycles. The lowest BCUT2D eigenvalue weighted by Gasteiger charge is -2.21. The first-order valence-corrected chi connectivity index (χ1v) is 14.4. The molecule has 4 aromatic rings. The van der Waals surface area contributed by atoms with Gasteiger partial charge in [0.2, 0.25) is 0 Å². The van der Waals surface area contributed by atoms with Gasteiger partial charge >= 0.3 is 29.8 Å². The van der Waals surface area contributed by atoms with Crippen molar-refractivity contribution in [2.24, 2.45) is 0 Å². The average Bonchev–Trinajstić information content (AvgIpc) is 3.48. The number of hydrogen-bond acceptors (Lipinski definition) is 9. The molecule has 2 aliphatic rings. The summed E-state index contributed by atoms with van der Waals surface area (Å²) in [6.07, 6.45) is 0. The van der Waals surface area contributed by atoms with Gasteiger partial charge in [-0.15, -0.1) is 0 Å². The van der Waals surface area contributed by atoms with Crippen LogP contribution in [0.5, 0.6) is 11.5 Å². The van der Waals surface area contributed by atoms with Crippen LogP contribution in [0.3, 0.4) is 0 Å². The second-order valence-electron chi connectivity index (χ2n) is 11.4. The number of esters is 5. The van der Waals surface area contributed by atoms with E-state index in [1.54, 1.807) is 12.1 Å². The van der Waals surface area contributed by atoms with Crippen molar-refractivity contribution >= 4 is 35.6 Å². The van der Waals surface area contributed by atoms with E-state index in [1.165, 1.54) is 24.3 Å². The lowest BCUT2D eigenvalue weighted by molar-refractivity contribution is 0.0442. The molecule has 230 valence electrons. The molecule has 6 rings (SSSR count). The number of benzene rings is 4. The highest BCUT2D eigenvalue weighted by Gasteiger charge is 2.31. The first-order chi connectivity index (χ1) is 21.8. The molecule has 0 N–H and O–H groups in total. The van der Waals surface area contributed by atoms with Crippen molar-refractivity contribution in [2.75, 3.05) is 0 Å². The van der Waals surface area contributed by atoms with Crippen LogP contribution < -0.4 is 9.47 Å². The van der Waals surface area contributed by atoms with E-state index in [2.05, 4.69) is 11.3 Å². The van der Waals surface area contributed by atoms with Gasteiger partial charge in [0.25, 0.3) is 0 Å². The predicted molar refractivity (Wildman–Crippen MR) is 167 cm³/mol. The van der Waals surface area contributed by atoms with Crippen molar-refractivity contribution < 1.29 is 42.9 Å². The molecule has 0 saturated carbocycles. The highest BCUT2D eigenvalue weighted by molar-refractivity contribution is 6.15. The summed E-state index contributed by atoms with van der Waals surface area (Å²) >= 11 is 0. The van der Waals surface area contributed by atoms with Crippen molar-refractivity contribution in [3.8, 4) is 22.6 Å². The molecule has 0 aliphatic carbocycles. The van der Waals surface area contributed by atoms with E-state index in [-0.39, 0.29) is 33.6 Å². The van der Waals surface area contributed by atoms with Gasteiger partial charge in [-0.3, -0.25) is 0 Å². The quantitative estimate of drug-likeness (QED) is 0.131. The number of ether oxygens (including phenoxy) is 4. The van der Waals surface area contributed by atoms with Crippen LogP contribution in [0.4, 0.5) is 0 Å². The highest BCUT2D eigenvalue weighted by atomic mass is 16.6. The van der Waals surface area contributed by atoms with E-state index in [0.717, 1.165) is 38.9 Å². The summed E-state index contributed by atoms with van der Waals surface area (Å²) in [4.78, 5) is 62.1. The molecule has 0 radical (unpaired) electrons. The minimum Gasteiger partial charge on any atom is -0.423 e. The molecular weight excluding hydrogens is 588 g/mol. The first kappa shape index (κ1) is 30.2. The van der Waals surface area contributed by atoms with Crippen LogP contribution >= 0.6 is 0 Å². The van der Waals surface area contributed by atoms with Crippen LogP contribution in [-0.2, 0) is 9.47 Å². The molecule has 0 unspecified atom stereocenters. The number of cyclic esters (lactones) is 3. The van der Waals surface area contributed by atoms with Crippen molar-refractivity contribution in [1.82, 2.24) is 0 Å². The number of carbonyl (C=O) groups is 5. The van der Waals surface area contributed by atoms with E-state index < -0.39 is 29.8 Å². The second kappa shape index (κ2) is 11.0. The maximum Gasteiger partial charge on any atom is 0.346 e. The lowest BCUT2D eigenvalue weighted by Crippen LogP contribution is -2.13. The first-order valence-electron chi connectivity index (χ1n) is 14.4. The minimum absolute atomic E-state index is 0.0259. The van der Waals surface area contributed by atoms with Crippen LogP contribution in [0.25, 0.3) is 16.9 Å². The fraction of sp³-hybridized carbons (Fsp3) is 0.162. The zero-order valence-electron chi connectivity index (χ0n) is 26.0. The molecule has 4 aromatic carbocycles. The topological polar surface area (TPSA) is 122 Å². The Kier molecular flexibility index (Phi) is 7.20. The predicted octanol–water partition coefficient (Wildman–Crippen LogP) is 7.09. The normalized spacial score (nSPS) is 13.3. The molecule has 0 atom stereocenters. The zero-order chi connectivity index (χ0) is 33.2. The third kappa shape index (κ3) is 4.86. The van der Waals surface area contributed by atoms with Gasteiger partial charge in [0.15, 0.2) is 0 Å². The van der Waals surface area contributed by atoms with E-state index >= 15 is 0 Å². The summed E-state index contributed by atoms with van der Waals surface area (Å²) in [5.74, 6) is -2.32. The molecule has 0 bridgehead atoms. The fourth-order valence-corrected chi connectivity index (χ4v) is 5.81. The maximum absolute atomic E-state index is 13.2. The molecule has 0 fully saturated rings. The van der Waals surface area contributed by atoms with Gasteiger partial charge in [-0.05, 0) is 135 Å². The SMILES string of the molecule is C=C1OC(=O)c2cc(C(=O)Oc3c(C)cc(-c4cc(C)c(OC(=O)c5ccc6c(c5)C(=O)OC6=O)c(C)c4C)c(C)c3C)ccc21. The van der Waals surface area contributed by atoms with Crippen LogP contribution in [0.2, 0.25) is 0 Å². The van der Waals surface area contributed by atoms with Crippen molar-refractivity contribution in [2.45, 2.75) is 41.5 Å². The van der Waals surface area contributed by atoms with E-state index in [1.807, 2.05) is 53.7 Å². The molecule has 9 nitrogen and oxygen atoms in total. The number of carbonyl (C=O) groups excluding carboxylic acids is 5. The third-order valence-electron chi connectivity index (χ3n) is 8.60. The van der Waals surface area contributed by atoms with Crippen LogP contribution in [0.15, 0.2) is 55.1 Å². The molecule has 0 amide bonds. The standard InChI is InChI=1S/C37H28O9/c1-16-12-27(18(3)20(5)31(16)44-33(38)23-8-10-25-22(7)43-36(41)29(25)14-23)28-13-17(2)32(21(6)19(28)4)45-34(39)24-9-11-26-30(15-24)37(42)46-35(26)40/h8-15H,7H2,1-6H3. The van der Waals surface area contributed by atoms with Gasteiger partial charge in [0.1, 0.15) is 17.3 Å². The molecule has 0 saturated heterocycles. The summed E-state index contributed by atoms with van der Waals surface area (Å²) in [5, 5.41) is 0. The summed E-state index contributed by atoms with van der Waals surface area (Å²) in [6, 6.07) is 12.6. The zero-order valence-corrected chi connectivity index (χ0v) is 26.0. The van der Waals surface area contributed by atoms with Gasteiger partial charge in [-0.25, -0.2) is 24.0 Å².